The Morgan fingerprint density at radius 2 is 1.86 bits per heavy atom. The highest BCUT2D eigenvalue weighted by Crippen LogP contribution is 2.29. The third-order valence-electron chi connectivity index (χ3n) is 2.76. The molecule has 0 heterocycles. The van der Waals surface area contributed by atoms with Gasteiger partial charge >= 0.3 is 0 Å². The van der Waals surface area contributed by atoms with Gasteiger partial charge in [-0.1, -0.05) is 24.3 Å². The number of nitriles is 1. The lowest BCUT2D eigenvalue weighted by Gasteiger charge is -2.03. The summed E-state index contributed by atoms with van der Waals surface area (Å²) in [6, 6.07) is 14.6. The van der Waals surface area contributed by atoms with Gasteiger partial charge in [-0.3, -0.25) is 14.9 Å². The van der Waals surface area contributed by atoms with Gasteiger partial charge in [0.15, 0.2) is 5.78 Å². The molecule has 21 heavy (non-hydrogen) atoms. The molecule has 0 spiro atoms. The molecule has 0 aliphatic heterocycles. The standard InChI is InChI=1S/C15H10N2O3S/c16-9-11-5-7-12(8-6-11)14(18)10-21-15-4-2-1-3-13(15)17(19)20/h1-8H,10H2. The fourth-order valence-corrected chi connectivity index (χ4v) is 2.61. The van der Waals surface area contributed by atoms with Crippen LogP contribution in [0.4, 0.5) is 5.69 Å². The molecule has 0 atom stereocenters. The van der Waals surface area contributed by atoms with Gasteiger partial charge in [0.05, 0.1) is 27.2 Å². The maximum absolute atomic E-state index is 12.0. The molecule has 0 aliphatic carbocycles. The second-order valence-electron chi connectivity index (χ2n) is 4.13. The number of nitro benzene ring substituents is 1. The van der Waals surface area contributed by atoms with Gasteiger partial charge in [-0.15, -0.1) is 11.8 Å². The van der Waals surface area contributed by atoms with Crippen LogP contribution in [0.3, 0.4) is 0 Å². The van der Waals surface area contributed by atoms with Gasteiger partial charge in [-0.25, -0.2) is 0 Å². The highest BCUT2D eigenvalue weighted by Gasteiger charge is 2.14. The summed E-state index contributed by atoms with van der Waals surface area (Å²) in [6.45, 7) is 0. The summed E-state index contributed by atoms with van der Waals surface area (Å²) in [4.78, 5) is 22.9. The van der Waals surface area contributed by atoms with E-state index in [1.165, 1.54) is 6.07 Å². The Kier molecular flexibility index (Phi) is 4.69. The molecule has 2 rings (SSSR count). The zero-order valence-electron chi connectivity index (χ0n) is 10.9. The van der Waals surface area contributed by atoms with Crippen molar-refractivity contribution < 1.29 is 9.72 Å². The third kappa shape index (κ3) is 3.68. The molecule has 0 bridgehead atoms. The van der Waals surface area contributed by atoms with Gasteiger partial charge in [0.25, 0.3) is 5.69 Å². The molecule has 0 radical (unpaired) electrons. The highest BCUT2D eigenvalue weighted by atomic mass is 32.2. The first-order valence-electron chi connectivity index (χ1n) is 6.01. The molecule has 104 valence electrons. The van der Waals surface area contributed by atoms with Crippen molar-refractivity contribution >= 4 is 23.2 Å². The van der Waals surface area contributed by atoms with Crippen molar-refractivity contribution in [3.8, 4) is 6.07 Å². The summed E-state index contributed by atoms with van der Waals surface area (Å²) < 4.78 is 0. The second kappa shape index (κ2) is 6.68. The number of rotatable bonds is 5. The Balaban J connectivity index is 2.07. The highest BCUT2D eigenvalue weighted by molar-refractivity contribution is 8.00. The SMILES string of the molecule is N#Cc1ccc(C(=O)CSc2ccccc2[N+](=O)[O-])cc1. The summed E-state index contributed by atoms with van der Waals surface area (Å²) in [5, 5.41) is 19.6. The summed E-state index contributed by atoms with van der Waals surface area (Å²) in [5.41, 5.74) is 0.966. The quantitative estimate of drug-likeness (QED) is 0.365. The predicted octanol–water partition coefficient (Wildman–Crippen LogP) is 3.44. The monoisotopic (exact) mass is 298 g/mol. The average molecular weight is 298 g/mol. The van der Waals surface area contributed by atoms with Crippen LogP contribution in [0.5, 0.6) is 0 Å². The van der Waals surface area contributed by atoms with Crippen LogP contribution in [0.2, 0.25) is 0 Å². The van der Waals surface area contributed by atoms with Crippen molar-refractivity contribution in [2.45, 2.75) is 4.90 Å². The van der Waals surface area contributed by atoms with Crippen molar-refractivity contribution in [1.82, 2.24) is 0 Å². The number of thioether (sulfide) groups is 1. The molecular formula is C15H10N2O3S. The number of benzene rings is 2. The van der Waals surface area contributed by atoms with E-state index in [1.54, 1.807) is 42.5 Å². The fraction of sp³-hybridized carbons (Fsp3) is 0.0667. The summed E-state index contributed by atoms with van der Waals surface area (Å²) in [5.74, 6) is -0.0286. The van der Waals surface area contributed by atoms with E-state index in [1.807, 2.05) is 6.07 Å². The van der Waals surface area contributed by atoms with Crippen LogP contribution in [0, 0.1) is 21.4 Å². The van der Waals surface area contributed by atoms with Gasteiger partial charge in [-0.05, 0) is 18.2 Å². The summed E-state index contributed by atoms with van der Waals surface area (Å²) in [7, 11) is 0. The number of para-hydroxylation sites is 1. The Hall–Kier alpha value is -2.65. The van der Waals surface area contributed by atoms with E-state index in [0.717, 1.165) is 11.8 Å². The number of carbonyl (C=O) groups excluding carboxylic acids is 1. The zero-order valence-corrected chi connectivity index (χ0v) is 11.7. The van der Waals surface area contributed by atoms with E-state index in [2.05, 4.69) is 0 Å². The molecular weight excluding hydrogens is 288 g/mol. The van der Waals surface area contributed by atoms with E-state index in [9.17, 15) is 14.9 Å². The molecule has 0 unspecified atom stereocenters. The number of nitrogens with zero attached hydrogens (tertiary/aromatic N) is 2. The predicted molar refractivity (Wildman–Crippen MR) is 79.3 cm³/mol. The number of carbonyl (C=O) groups is 1. The minimum atomic E-state index is -0.464. The lowest BCUT2D eigenvalue weighted by atomic mass is 10.1. The first kappa shape index (κ1) is 14.8. The van der Waals surface area contributed by atoms with Crippen LogP contribution in [0.25, 0.3) is 0 Å². The lowest BCUT2D eigenvalue weighted by molar-refractivity contribution is -0.387. The molecule has 0 aromatic heterocycles. The first-order chi connectivity index (χ1) is 10.1. The van der Waals surface area contributed by atoms with Crippen molar-refractivity contribution in [3.63, 3.8) is 0 Å². The maximum Gasteiger partial charge on any atom is 0.282 e. The van der Waals surface area contributed by atoms with Crippen molar-refractivity contribution in [1.29, 1.82) is 5.26 Å². The van der Waals surface area contributed by atoms with Crippen LogP contribution in [-0.4, -0.2) is 16.5 Å². The zero-order chi connectivity index (χ0) is 15.2. The maximum atomic E-state index is 12.0. The molecule has 0 fully saturated rings. The van der Waals surface area contributed by atoms with Crippen molar-refractivity contribution in [3.05, 3.63) is 69.8 Å². The van der Waals surface area contributed by atoms with Crippen LogP contribution in [0.1, 0.15) is 15.9 Å². The number of ketones is 1. The molecule has 0 aliphatic rings. The average Bonchev–Trinajstić information content (AvgIpc) is 2.52. The van der Waals surface area contributed by atoms with E-state index in [4.69, 9.17) is 5.26 Å². The van der Waals surface area contributed by atoms with Crippen LogP contribution in [0.15, 0.2) is 53.4 Å². The van der Waals surface area contributed by atoms with Crippen molar-refractivity contribution in [2.75, 3.05) is 5.75 Å². The topological polar surface area (TPSA) is 84.0 Å². The van der Waals surface area contributed by atoms with Crippen LogP contribution < -0.4 is 0 Å². The van der Waals surface area contributed by atoms with Gasteiger partial charge < -0.3 is 0 Å². The van der Waals surface area contributed by atoms with Gasteiger partial charge in [0, 0.05) is 11.6 Å². The Bertz CT molecular complexity index is 720. The van der Waals surface area contributed by atoms with E-state index in [0.29, 0.717) is 16.0 Å². The minimum absolute atomic E-state index is 0.00451. The number of hydrogen-bond acceptors (Lipinski definition) is 5. The molecule has 6 heteroatoms. The Labute approximate surface area is 125 Å². The van der Waals surface area contributed by atoms with Crippen LogP contribution >= 0.6 is 11.8 Å². The summed E-state index contributed by atoms with van der Waals surface area (Å²) in [6.07, 6.45) is 0. The molecule has 0 N–H and O–H groups in total. The van der Waals surface area contributed by atoms with Gasteiger partial charge in [-0.2, -0.15) is 5.26 Å². The van der Waals surface area contributed by atoms with E-state index in [-0.39, 0.29) is 17.2 Å². The summed E-state index contributed by atoms with van der Waals surface area (Å²) >= 11 is 1.13. The lowest BCUT2D eigenvalue weighted by Crippen LogP contribution is -2.02. The Morgan fingerprint density at radius 1 is 1.19 bits per heavy atom. The van der Waals surface area contributed by atoms with E-state index >= 15 is 0 Å². The molecule has 2 aromatic rings. The van der Waals surface area contributed by atoms with Crippen molar-refractivity contribution in [2.24, 2.45) is 0 Å². The largest absolute Gasteiger partial charge is 0.293 e. The normalized spacial score (nSPS) is 9.86. The molecule has 5 nitrogen and oxygen atoms in total. The molecule has 2 aromatic carbocycles. The second-order valence-corrected chi connectivity index (χ2v) is 5.14. The molecule has 0 amide bonds. The number of nitro groups is 1. The smallest absolute Gasteiger partial charge is 0.282 e. The first-order valence-corrected chi connectivity index (χ1v) is 7.00. The Morgan fingerprint density at radius 3 is 2.48 bits per heavy atom. The van der Waals surface area contributed by atoms with Gasteiger partial charge in [0.2, 0.25) is 0 Å². The third-order valence-corrected chi connectivity index (χ3v) is 3.82. The number of hydrogen-bond donors (Lipinski definition) is 0. The molecule has 0 saturated heterocycles. The van der Waals surface area contributed by atoms with E-state index < -0.39 is 4.92 Å². The molecule has 0 saturated carbocycles. The van der Waals surface area contributed by atoms with Gasteiger partial charge in [0.1, 0.15) is 0 Å². The fourth-order valence-electron chi connectivity index (χ4n) is 1.69. The van der Waals surface area contributed by atoms with Crippen LogP contribution in [-0.2, 0) is 0 Å². The minimum Gasteiger partial charge on any atom is -0.293 e. The number of Topliss-reactive ketones (excluding diaryl/α,β-unsaturated/α-hetero) is 1.